The van der Waals surface area contributed by atoms with Crippen LogP contribution in [-0.2, 0) is 0 Å². The molecular formula is C20H21N3O2S. The van der Waals surface area contributed by atoms with Gasteiger partial charge in [0.05, 0.1) is 9.75 Å². The Labute approximate surface area is 156 Å². The van der Waals surface area contributed by atoms with Crippen LogP contribution in [0, 0.1) is 6.92 Å². The molecule has 134 valence electrons. The first-order chi connectivity index (χ1) is 12.7. The minimum atomic E-state index is -0.00426. The predicted molar refractivity (Wildman–Crippen MR) is 102 cm³/mol. The number of thiophene rings is 1. The topological polar surface area (TPSA) is 68.0 Å². The third-order valence-corrected chi connectivity index (χ3v) is 5.80. The summed E-state index contributed by atoms with van der Waals surface area (Å²) in [5.74, 6) is 0.999. The molecule has 6 heteroatoms. The van der Waals surface area contributed by atoms with Crippen molar-refractivity contribution in [1.82, 2.24) is 15.5 Å². The summed E-state index contributed by atoms with van der Waals surface area (Å²) in [6, 6.07) is 12.0. The number of aryl methyl sites for hydroxylation is 1. The average Bonchev–Trinajstić information content (AvgIpc) is 3.33. The largest absolute Gasteiger partial charge is 0.349 e. The van der Waals surface area contributed by atoms with E-state index in [4.69, 9.17) is 4.52 Å². The van der Waals surface area contributed by atoms with Crippen molar-refractivity contribution < 1.29 is 9.32 Å². The number of rotatable bonds is 4. The first-order valence-electron chi connectivity index (χ1n) is 9.01. The Kier molecular flexibility index (Phi) is 4.84. The Morgan fingerprint density at radius 1 is 1.12 bits per heavy atom. The number of hydrogen-bond donors (Lipinski definition) is 1. The summed E-state index contributed by atoms with van der Waals surface area (Å²) < 4.78 is 5.38. The second-order valence-electron chi connectivity index (χ2n) is 6.76. The molecule has 1 amide bonds. The molecular weight excluding hydrogens is 346 g/mol. The zero-order chi connectivity index (χ0) is 17.9. The normalized spacial score (nSPS) is 15.1. The molecule has 5 nitrogen and oxygen atoms in total. The Morgan fingerprint density at radius 3 is 2.65 bits per heavy atom. The van der Waals surface area contributed by atoms with E-state index in [2.05, 4.69) is 15.5 Å². The second-order valence-corrected chi connectivity index (χ2v) is 7.85. The molecule has 0 saturated heterocycles. The van der Waals surface area contributed by atoms with Crippen LogP contribution in [0.5, 0.6) is 0 Å². The summed E-state index contributed by atoms with van der Waals surface area (Å²) in [4.78, 5) is 18.4. The summed E-state index contributed by atoms with van der Waals surface area (Å²) in [6.07, 6.45) is 5.83. The molecule has 2 aromatic heterocycles. The van der Waals surface area contributed by atoms with E-state index in [0.717, 1.165) is 23.3 Å². The molecule has 0 radical (unpaired) electrons. The van der Waals surface area contributed by atoms with E-state index in [1.165, 1.54) is 36.2 Å². The number of carbonyl (C=O) groups excluding carboxylic acids is 1. The SMILES string of the molecule is Cc1ccc(-c2nc(-c3ccc(C(=O)NC4CCCCC4)s3)no2)cc1. The van der Waals surface area contributed by atoms with Crippen molar-refractivity contribution in [3.8, 4) is 22.2 Å². The van der Waals surface area contributed by atoms with Crippen molar-refractivity contribution in [2.75, 3.05) is 0 Å². The van der Waals surface area contributed by atoms with Gasteiger partial charge in [-0.3, -0.25) is 4.79 Å². The summed E-state index contributed by atoms with van der Waals surface area (Å²) >= 11 is 1.40. The van der Waals surface area contributed by atoms with Crippen molar-refractivity contribution in [2.45, 2.75) is 45.1 Å². The van der Waals surface area contributed by atoms with E-state index in [-0.39, 0.29) is 5.91 Å². The molecule has 0 atom stereocenters. The number of benzene rings is 1. The summed E-state index contributed by atoms with van der Waals surface area (Å²) in [5, 5.41) is 7.21. The van der Waals surface area contributed by atoms with Crippen LogP contribution < -0.4 is 5.32 Å². The van der Waals surface area contributed by atoms with Crippen molar-refractivity contribution in [3.05, 3.63) is 46.8 Å². The lowest BCUT2D eigenvalue weighted by atomic mass is 9.95. The maximum absolute atomic E-state index is 12.5. The fraction of sp³-hybridized carbons (Fsp3) is 0.350. The molecule has 0 spiro atoms. The maximum atomic E-state index is 12.5. The molecule has 0 bridgehead atoms. The van der Waals surface area contributed by atoms with Crippen molar-refractivity contribution in [2.24, 2.45) is 0 Å². The molecule has 0 unspecified atom stereocenters. The van der Waals surface area contributed by atoms with Crippen LogP contribution in [0.3, 0.4) is 0 Å². The lowest BCUT2D eigenvalue weighted by Crippen LogP contribution is -2.35. The highest BCUT2D eigenvalue weighted by Gasteiger charge is 2.19. The fourth-order valence-electron chi connectivity index (χ4n) is 3.22. The molecule has 3 aromatic rings. The lowest BCUT2D eigenvalue weighted by molar-refractivity contribution is 0.0932. The van der Waals surface area contributed by atoms with Crippen LogP contribution in [0.2, 0.25) is 0 Å². The molecule has 1 aliphatic carbocycles. The summed E-state index contributed by atoms with van der Waals surface area (Å²) in [7, 11) is 0. The van der Waals surface area contributed by atoms with Gasteiger partial charge in [-0.1, -0.05) is 42.1 Å². The average molecular weight is 367 g/mol. The van der Waals surface area contributed by atoms with Crippen LogP contribution >= 0.6 is 11.3 Å². The quantitative estimate of drug-likeness (QED) is 0.717. The van der Waals surface area contributed by atoms with Gasteiger partial charge in [0, 0.05) is 11.6 Å². The number of amides is 1. The number of nitrogens with one attached hydrogen (secondary N) is 1. The fourth-order valence-corrected chi connectivity index (χ4v) is 4.06. The number of nitrogens with zero attached hydrogens (tertiary/aromatic N) is 2. The maximum Gasteiger partial charge on any atom is 0.261 e. The van der Waals surface area contributed by atoms with Crippen LogP contribution in [0.15, 0.2) is 40.9 Å². The zero-order valence-corrected chi connectivity index (χ0v) is 15.5. The van der Waals surface area contributed by atoms with Gasteiger partial charge in [-0.25, -0.2) is 0 Å². The van der Waals surface area contributed by atoms with Gasteiger partial charge in [0.15, 0.2) is 0 Å². The van der Waals surface area contributed by atoms with Crippen LogP contribution in [0.1, 0.15) is 47.3 Å². The molecule has 1 saturated carbocycles. The Balaban J connectivity index is 1.47. The first kappa shape index (κ1) is 17.0. The van der Waals surface area contributed by atoms with Gasteiger partial charge in [0.25, 0.3) is 11.8 Å². The van der Waals surface area contributed by atoms with Crippen molar-refractivity contribution in [3.63, 3.8) is 0 Å². The highest BCUT2D eigenvalue weighted by Crippen LogP contribution is 2.28. The summed E-state index contributed by atoms with van der Waals surface area (Å²) in [5.41, 5.74) is 2.07. The van der Waals surface area contributed by atoms with Gasteiger partial charge in [0.2, 0.25) is 5.82 Å². The molecule has 1 fully saturated rings. The monoisotopic (exact) mass is 367 g/mol. The Bertz CT molecular complexity index is 892. The molecule has 4 rings (SSSR count). The number of aromatic nitrogens is 2. The van der Waals surface area contributed by atoms with Gasteiger partial charge < -0.3 is 9.84 Å². The van der Waals surface area contributed by atoms with Crippen molar-refractivity contribution in [1.29, 1.82) is 0 Å². The van der Waals surface area contributed by atoms with E-state index in [9.17, 15) is 4.79 Å². The van der Waals surface area contributed by atoms with Crippen LogP contribution in [-0.4, -0.2) is 22.1 Å². The third-order valence-electron chi connectivity index (χ3n) is 4.72. The Morgan fingerprint density at radius 2 is 1.88 bits per heavy atom. The predicted octanol–water partition coefficient (Wildman–Crippen LogP) is 4.84. The molecule has 1 aliphatic rings. The molecule has 0 aliphatic heterocycles. The van der Waals surface area contributed by atoms with Crippen molar-refractivity contribution >= 4 is 17.2 Å². The Hall–Kier alpha value is -2.47. The van der Waals surface area contributed by atoms with E-state index in [1.807, 2.05) is 43.3 Å². The highest BCUT2D eigenvalue weighted by molar-refractivity contribution is 7.17. The first-order valence-corrected chi connectivity index (χ1v) is 9.82. The molecule has 2 heterocycles. The van der Waals surface area contributed by atoms with Gasteiger partial charge in [-0.15, -0.1) is 11.3 Å². The minimum absolute atomic E-state index is 0.00426. The van der Waals surface area contributed by atoms with E-state index < -0.39 is 0 Å². The smallest absolute Gasteiger partial charge is 0.261 e. The highest BCUT2D eigenvalue weighted by atomic mass is 32.1. The van der Waals surface area contributed by atoms with Gasteiger partial charge in [0.1, 0.15) is 0 Å². The summed E-state index contributed by atoms with van der Waals surface area (Å²) in [6.45, 7) is 2.04. The van der Waals surface area contributed by atoms with Crippen LogP contribution in [0.25, 0.3) is 22.2 Å². The second kappa shape index (κ2) is 7.41. The van der Waals surface area contributed by atoms with Crippen LogP contribution in [0.4, 0.5) is 0 Å². The number of carbonyl (C=O) groups is 1. The van der Waals surface area contributed by atoms with E-state index >= 15 is 0 Å². The van der Waals surface area contributed by atoms with E-state index in [1.54, 1.807) is 0 Å². The zero-order valence-electron chi connectivity index (χ0n) is 14.7. The lowest BCUT2D eigenvalue weighted by Gasteiger charge is -2.22. The third kappa shape index (κ3) is 3.70. The standard InChI is InChI=1S/C20H21N3O2S/c1-13-7-9-14(10-8-13)20-22-18(23-25-20)16-11-12-17(26-16)19(24)21-15-5-3-2-4-6-15/h7-12,15H,2-6H2,1H3,(H,21,24). The van der Waals surface area contributed by atoms with E-state index in [0.29, 0.717) is 22.6 Å². The molecule has 1 N–H and O–H groups in total. The number of hydrogen-bond acceptors (Lipinski definition) is 5. The molecule has 26 heavy (non-hydrogen) atoms. The minimum Gasteiger partial charge on any atom is -0.349 e. The van der Waals surface area contributed by atoms with Gasteiger partial charge >= 0.3 is 0 Å². The van der Waals surface area contributed by atoms with Gasteiger partial charge in [-0.05, 0) is 44.0 Å². The molecule has 1 aromatic carbocycles. The van der Waals surface area contributed by atoms with Gasteiger partial charge in [-0.2, -0.15) is 4.98 Å².